The molecule has 0 saturated heterocycles. The molecule has 0 aliphatic carbocycles. The predicted molar refractivity (Wildman–Crippen MR) is 70.1 cm³/mol. The van der Waals surface area contributed by atoms with Gasteiger partial charge < -0.3 is 5.32 Å². The lowest BCUT2D eigenvalue weighted by Crippen LogP contribution is -2.03. The van der Waals surface area contributed by atoms with E-state index in [2.05, 4.69) is 10.3 Å². The molecule has 1 aromatic carbocycles. The van der Waals surface area contributed by atoms with Crippen molar-refractivity contribution in [3.63, 3.8) is 0 Å². The first kappa shape index (κ1) is 12.0. The van der Waals surface area contributed by atoms with E-state index in [1.54, 1.807) is 17.4 Å². The molecule has 90 valence electrons. The van der Waals surface area contributed by atoms with E-state index < -0.39 is 0 Å². The van der Waals surface area contributed by atoms with Crippen LogP contribution in [0.25, 0.3) is 0 Å². The van der Waals surface area contributed by atoms with Gasteiger partial charge >= 0.3 is 0 Å². The molecule has 1 N–H and O–H groups in total. The van der Waals surface area contributed by atoms with Gasteiger partial charge in [0.2, 0.25) is 0 Å². The van der Waals surface area contributed by atoms with Gasteiger partial charge in [-0.1, -0.05) is 12.1 Å². The van der Waals surface area contributed by atoms with Gasteiger partial charge in [-0.25, -0.2) is 9.37 Å². The molecule has 2 rings (SSSR count). The van der Waals surface area contributed by atoms with Gasteiger partial charge in [0.1, 0.15) is 5.82 Å². The zero-order valence-electron chi connectivity index (χ0n) is 10.2. The zero-order chi connectivity index (χ0) is 12.4. The predicted octanol–water partition coefficient (Wildman–Crippen LogP) is 3.82. The average molecular weight is 250 g/mol. The average Bonchev–Trinajstić information content (AvgIpc) is 2.57. The van der Waals surface area contributed by atoms with E-state index in [0.29, 0.717) is 12.2 Å². The quantitative estimate of drug-likeness (QED) is 0.895. The second kappa shape index (κ2) is 4.84. The van der Waals surface area contributed by atoms with E-state index in [0.717, 1.165) is 21.1 Å². The third-order valence-electron chi connectivity index (χ3n) is 2.65. The Bertz CT molecular complexity index is 514. The lowest BCUT2D eigenvalue weighted by Gasteiger charge is -2.09. The lowest BCUT2D eigenvalue weighted by atomic mass is 10.2. The minimum atomic E-state index is -0.205. The summed E-state index contributed by atoms with van der Waals surface area (Å²) in [4.78, 5) is 5.51. The first-order valence-corrected chi connectivity index (χ1v) is 6.31. The highest BCUT2D eigenvalue weighted by molar-refractivity contribution is 7.11. The van der Waals surface area contributed by atoms with Gasteiger partial charge in [-0.2, -0.15) is 0 Å². The Morgan fingerprint density at radius 2 is 2.06 bits per heavy atom. The first-order valence-electron chi connectivity index (χ1n) is 5.50. The van der Waals surface area contributed by atoms with Crippen molar-refractivity contribution in [1.29, 1.82) is 0 Å². The van der Waals surface area contributed by atoms with Crippen molar-refractivity contribution in [3.8, 4) is 0 Å². The highest BCUT2D eigenvalue weighted by Crippen LogP contribution is 2.22. The lowest BCUT2D eigenvalue weighted by molar-refractivity contribution is 0.629. The maximum atomic E-state index is 13.6. The summed E-state index contributed by atoms with van der Waals surface area (Å²) in [6, 6.07) is 5.09. The number of thiazole rings is 1. The molecule has 0 aliphatic heterocycles. The van der Waals surface area contributed by atoms with Crippen molar-refractivity contribution in [3.05, 3.63) is 45.2 Å². The number of hydrogen-bond acceptors (Lipinski definition) is 3. The Kier molecular flexibility index (Phi) is 3.43. The number of aryl methyl sites for hydroxylation is 3. The van der Waals surface area contributed by atoms with Gasteiger partial charge in [-0.05, 0) is 32.4 Å². The maximum absolute atomic E-state index is 13.6. The fraction of sp³-hybridized carbons (Fsp3) is 0.308. The van der Waals surface area contributed by atoms with Crippen LogP contribution in [0.5, 0.6) is 0 Å². The second-order valence-electron chi connectivity index (χ2n) is 4.03. The maximum Gasteiger partial charge on any atom is 0.146 e. The minimum Gasteiger partial charge on any atom is -0.377 e. The van der Waals surface area contributed by atoms with Crippen LogP contribution >= 0.6 is 11.3 Å². The molecule has 0 fully saturated rings. The van der Waals surface area contributed by atoms with Crippen LogP contribution in [0, 0.1) is 26.6 Å². The first-order chi connectivity index (χ1) is 8.08. The largest absolute Gasteiger partial charge is 0.377 e. The molecule has 2 nitrogen and oxygen atoms in total. The van der Waals surface area contributed by atoms with Gasteiger partial charge in [-0.3, -0.25) is 0 Å². The van der Waals surface area contributed by atoms with Crippen molar-refractivity contribution in [2.75, 3.05) is 5.32 Å². The smallest absolute Gasteiger partial charge is 0.146 e. The molecule has 0 unspecified atom stereocenters. The number of nitrogens with one attached hydrogen (secondary N) is 1. The minimum absolute atomic E-state index is 0.205. The summed E-state index contributed by atoms with van der Waals surface area (Å²) >= 11 is 1.65. The van der Waals surface area contributed by atoms with Crippen LogP contribution in [0.4, 0.5) is 10.1 Å². The van der Waals surface area contributed by atoms with Crippen LogP contribution in [-0.2, 0) is 6.54 Å². The van der Waals surface area contributed by atoms with E-state index in [1.165, 1.54) is 6.07 Å². The fourth-order valence-electron chi connectivity index (χ4n) is 1.76. The Morgan fingerprint density at radius 1 is 1.29 bits per heavy atom. The molecule has 1 heterocycles. The molecule has 0 saturated carbocycles. The summed E-state index contributed by atoms with van der Waals surface area (Å²) in [7, 11) is 0. The second-order valence-corrected chi connectivity index (χ2v) is 5.31. The summed E-state index contributed by atoms with van der Waals surface area (Å²) in [5.41, 5.74) is 2.52. The van der Waals surface area contributed by atoms with Crippen molar-refractivity contribution in [2.45, 2.75) is 27.3 Å². The Balaban J connectivity index is 2.15. The van der Waals surface area contributed by atoms with Gasteiger partial charge in [-0.15, -0.1) is 11.3 Å². The molecule has 0 spiro atoms. The van der Waals surface area contributed by atoms with E-state index in [-0.39, 0.29) is 5.82 Å². The van der Waals surface area contributed by atoms with Crippen molar-refractivity contribution < 1.29 is 4.39 Å². The molecule has 0 atom stereocenters. The highest BCUT2D eigenvalue weighted by atomic mass is 32.1. The number of hydrogen-bond donors (Lipinski definition) is 1. The Morgan fingerprint density at radius 3 is 2.65 bits per heavy atom. The Hall–Kier alpha value is -1.42. The standard InChI is InChI=1S/C13H15FN2S/c1-8-5-4-6-11(14)13(8)15-7-12-9(2)16-10(3)17-12/h4-6,15H,7H2,1-3H3. The monoisotopic (exact) mass is 250 g/mol. The summed E-state index contributed by atoms with van der Waals surface area (Å²) in [5.74, 6) is -0.205. The van der Waals surface area contributed by atoms with Crippen LogP contribution in [0.15, 0.2) is 18.2 Å². The summed E-state index contributed by atoms with van der Waals surface area (Å²) < 4.78 is 13.6. The Labute approximate surface area is 105 Å². The van der Waals surface area contributed by atoms with Crippen molar-refractivity contribution >= 4 is 17.0 Å². The van der Waals surface area contributed by atoms with Gasteiger partial charge in [0.25, 0.3) is 0 Å². The van der Waals surface area contributed by atoms with Crippen LogP contribution in [0.1, 0.15) is 21.1 Å². The van der Waals surface area contributed by atoms with Crippen LogP contribution in [0.2, 0.25) is 0 Å². The van der Waals surface area contributed by atoms with Crippen molar-refractivity contribution in [1.82, 2.24) is 4.98 Å². The van der Waals surface area contributed by atoms with Crippen LogP contribution in [0.3, 0.4) is 0 Å². The van der Waals surface area contributed by atoms with E-state index in [4.69, 9.17) is 0 Å². The molecule has 2 aromatic rings. The number of anilines is 1. The molecule has 0 bridgehead atoms. The number of para-hydroxylation sites is 1. The van der Waals surface area contributed by atoms with Gasteiger partial charge in [0.05, 0.1) is 22.9 Å². The fourth-order valence-corrected chi connectivity index (χ4v) is 2.64. The highest BCUT2D eigenvalue weighted by Gasteiger charge is 2.08. The molecular weight excluding hydrogens is 235 g/mol. The summed E-state index contributed by atoms with van der Waals surface area (Å²) in [6.07, 6.45) is 0. The molecule has 0 radical (unpaired) electrons. The van der Waals surface area contributed by atoms with Crippen LogP contribution < -0.4 is 5.32 Å². The summed E-state index contributed by atoms with van der Waals surface area (Å²) in [5, 5.41) is 4.19. The molecule has 17 heavy (non-hydrogen) atoms. The molecule has 4 heteroatoms. The molecular formula is C13H15FN2S. The molecule has 1 aromatic heterocycles. The number of benzene rings is 1. The van der Waals surface area contributed by atoms with E-state index >= 15 is 0 Å². The third kappa shape index (κ3) is 2.64. The topological polar surface area (TPSA) is 24.9 Å². The summed E-state index contributed by atoms with van der Waals surface area (Å²) in [6.45, 7) is 6.49. The molecule has 0 amide bonds. The normalized spacial score (nSPS) is 10.6. The van der Waals surface area contributed by atoms with E-state index in [1.807, 2.05) is 26.8 Å². The van der Waals surface area contributed by atoms with Gasteiger partial charge in [0.15, 0.2) is 0 Å². The van der Waals surface area contributed by atoms with Crippen LogP contribution in [-0.4, -0.2) is 4.98 Å². The van der Waals surface area contributed by atoms with Gasteiger partial charge in [0, 0.05) is 4.88 Å². The number of aromatic nitrogens is 1. The van der Waals surface area contributed by atoms with Crippen molar-refractivity contribution in [2.24, 2.45) is 0 Å². The zero-order valence-corrected chi connectivity index (χ0v) is 11.0. The third-order valence-corrected chi connectivity index (χ3v) is 3.72. The number of rotatable bonds is 3. The SMILES string of the molecule is Cc1nc(C)c(CNc2c(C)cccc2F)s1. The number of halogens is 1. The molecule has 0 aliphatic rings. The number of nitrogens with zero attached hydrogens (tertiary/aromatic N) is 1. The van der Waals surface area contributed by atoms with E-state index in [9.17, 15) is 4.39 Å².